The Morgan fingerprint density at radius 3 is 2.36 bits per heavy atom. The molecule has 0 aliphatic heterocycles. The van der Waals surface area contributed by atoms with Crippen molar-refractivity contribution in [3.05, 3.63) is 54.1 Å². The first-order chi connectivity index (χ1) is 11.8. The summed E-state index contributed by atoms with van der Waals surface area (Å²) in [5.74, 6) is -3.92. The second-order valence-electron chi connectivity index (χ2n) is 5.16. The highest BCUT2D eigenvalue weighted by Gasteiger charge is 2.27. The van der Waals surface area contributed by atoms with Crippen LogP contribution in [0.1, 0.15) is 10.4 Å². The molecule has 25 heavy (non-hydrogen) atoms. The number of nitrogens with zero attached hydrogens (tertiary/aromatic N) is 2. The van der Waals surface area contributed by atoms with Gasteiger partial charge in [0.2, 0.25) is 9.84 Å². The van der Waals surface area contributed by atoms with Gasteiger partial charge in [0.25, 0.3) is 5.91 Å². The standard InChI is InChI=1S/C16H12F2N2O3S2/c1-20(16-19-12-4-2-3-5-13(12)24-16)14(21)10-6-8-11(9-7-10)25(22,23)15(17)18/h2-9,15H,1H3. The smallest absolute Gasteiger partial charge is 0.287 e. The molecule has 0 spiro atoms. The molecule has 0 saturated heterocycles. The first kappa shape index (κ1) is 17.4. The molecule has 0 radical (unpaired) electrons. The summed E-state index contributed by atoms with van der Waals surface area (Å²) in [6.07, 6.45) is 0. The number of hydrogen-bond acceptors (Lipinski definition) is 5. The second kappa shape index (κ2) is 6.49. The van der Waals surface area contributed by atoms with Gasteiger partial charge in [0.1, 0.15) is 0 Å². The van der Waals surface area contributed by atoms with Gasteiger partial charge in [-0.3, -0.25) is 9.69 Å². The minimum absolute atomic E-state index is 0.176. The van der Waals surface area contributed by atoms with E-state index in [1.165, 1.54) is 28.4 Å². The molecule has 0 bridgehead atoms. The molecule has 0 N–H and O–H groups in total. The average Bonchev–Trinajstić information content (AvgIpc) is 3.04. The molecule has 1 aromatic heterocycles. The maximum absolute atomic E-state index is 12.5. The first-order valence-electron chi connectivity index (χ1n) is 7.06. The fourth-order valence-electron chi connectivity index (χ4n) is 2.17. The lowest BCUT2D eigenvalue weighted by Gasteiger charge is -2.14. The van der Waals surface area contributed by atoms with Gasteiger partial charge >= 0.3 is 5.76 Å². The highest BCUT2D eigenvalue weighted by molar-refractivity contribution is 7.91. The van der Waals surface area contributed by atoms with Crippen molar-refractivity contribution in [3.8, 4) is 0 Å². The summed E-state index contributed by atoms with van der Waals surface area (Å²) in [4.78, 5) is 17.7. The molecular weight excluding hydrogens is 370 g/mol. The molecule has 130 valence electrons. The van der Waals surface area contributed by atoms with E-state index in [1.54, 1.807) is 7.05 Å². The maximum atomic E-state index is 12.5. The van der Waals surface area contributed by atoms with Crippen LogP contribution in [0.2, 0.25) is 0 Å². The Morgan fingerprint density at radius 2 is 1.76 bits per heavy atom. The molecule has 0 fully saturated rings. The number of carbonyl (C=O) groups is 1. The van der Waals surface area contributed by atoms with Crippen LogP contribution in [0.15, 0.2) is 53.4 Å². The number of aromatic nitrogens is 1. The zero-order chi connectivity index (χ0) is 18.2. The quantitative estimate of drug-likeness (QED) is 0.692. The number of hydrogen-bond donors (Lipinski definition) is 0. The fraction of sp³-hybridized carbons (Fsp3) is 0.125. The van der Waals surface area contributed by atoms with Crippen LogP contribution in [0.25, 0.3) is 10.2 Å². The fourth-order valence-corrected chi connectivity index (χ4v) is 3.82. The Bertz CT molecular complexity index is 998. The highest BCUT2D eigenvalue weighted by atomic mass is 32.2. The van der Waals surface area contributed by atoms with E-state index in [1.807, 2.05) is 24.3 Å². The summed E-state index contributed by atoms with van der Waals surface area (Å²) in [6.45, 7) is 0. The van der Waals surface area contributed by atoms with E-state index in [9.17, 15) is 22.0 Å². The Labute approximate surface area is 146 Å². The van der Waals surface area contributed by atoms with E-state index < -0.39 is 26.4 Å². The van der Waals surface area contributed by atoms with Gasteiger partial charge in [0.05, 0.1) is 15.1 Å². The van der Waals surface area contributed by atoms with Gasteiger partial charge in [-0.15, -0.1) is 0 Å². The van der Waals surface area contributed by atoms with Crippen molar-refractivity contribution >= 4 is 42.4 Å². The van der Waals surface area contributed by atoms with Gasteiger partial charge in [-0.2, -0.15) is 8.78 Å². The van der Waals surface area contributed by atoms with Crippen LogP contribution >= 0.6 is 11.3 Å². The van der Waals surface area contributed by atoms with Gasteiger partial charge in [0.15, 0.2) is 5.13 Å². The molecule has 0 aliphatic rings. The number of carbonyl (C=O) groups excluding carboxylic acids is 1. The van der Waals surface area contributed by atoms with Crippen LogP contribution in [0.4, 0.5) is 13.9 Å². The largest absolute Gasteiger partial charge is 0.341 e. The van der Waals surface area contributed by atoms with Crippen LogP contribution in [-0.4, -0.2) is 32.1 Å². The van der Waals surface area contributed by atoms with E-state index >= 15 is 0 Å². The van der Waals surface area contributed by atoms with E-state index in [4.69, 9.17) is 0 Å². The number of anilines is 1. The number of sulfone groups is 1. The van der Waals surface area contributed by atoms with Crippen molar-refractivity contribution in [2.45, 2.75) is 10.7 Å². The van der Waals surface area contributed by atoms with Crippen LogP contribution in [-0.2, 0) is 9.84 Å². The van der Waals surface area contributed by atoms with Crippen molar-refractivity contribution in [2.24, 2.45) is 0 Å². The van der Waals surface area contributed by atoms with Crippen LogP contribution in [0.3, 0.4) is 0 Å². The van der Waals surface area contributed by atoms with E-state index in [2.05, 4.69) is 4.98 Å². The minimum Gasteiger partial charge on any atom is -0.287 e. The lowest BCUT2D eigenvalue weighted by Crippen LogP contribution is -2.26. The van der Waals surface area contributed by atoms with Crippen molar-refractivity contribution in [3.63, 3.8) is 0 Å². The Balaban J connectivity index is 1.87. The number of para-hydroxylation sites is 1. The van der Waals surface area contributed by atoms with Gasteiger partial charge < -0.3 is 0 Å². The normalized spacial score (nSPS) is 11.8. The van der Waals surface area contributed by atoms with Crippen LogP contribution in [0, 0.1) is 0 Å². The monoisotopic (exact) mass is 382 g/mol. The lowest BCUT2D eigenvalue weighted by atomic mass is 10.2. The molecule has 5 nitrogen and oxygen atoms in total. The Kier molecular flexibility index (Phi) is 4.53. The highest BCUT2D eigenvalue weighted by Crippen LogP contribution is 2.29. The molecular formula is C16H12F2N2O3S2. The van der Waals surface area contributed by atoms with E-state index in [0.717, 1.165) is 22.3 Å². The van der Waals surface area contributed by atoms with Gasteiger partial charge in [-0.25, -0.2) is 13.4 Å². The number of rotatable bonds is 4. The average molecular weight is 382 g/mol. The summed E-state index contributed by atoms with van der Waals surface area (Å²) in [5, 5.41) is 0.482. The topological polar surface area (TPSA) is 67.3 Å². The summed E-state index contributed by atoms with van der Waals surface area (Å²) >= 11 is 1.34. The second-order valence-corrected chi connectivity index (χ2v) is 8.09. The molecule has 3 rings (SSSR count). The summed E-state index contributed by atoms with van der Waals surface area (Å²) in [5.41, 5.74) is 0.940. The van der Waals surface area contributed by atoms with E-state index in [-0.39, 0.29) is 5.56 Å². The molecule has 0 saturated carbocycles. The van der Waals surface area contributed by atoms with Gasteiger partial charge in [0, 0.05) is 12.6 Å². The predicted molar refractivity (Wildman–Crippen MR) is 92.0 cm³/mol. The first-order valence-corrected chi connectivity index (χ1v) is 9.43. The number of halogens is 2. The zero-order valence-corrected chi connectivity index (χ0v) is 14.5. The third kappa shape index (κ3) is 3.24. The van der Waals surface area contributed by atoms with Crippen molar-refractivity contribution in [1.29, 1.82) is 0 Å². The number of benzene rings is 2. The summed E-state index contributed by atoms with van der Waals surface area (Å²) in [6, 6.07) is 11.9. The minimum atomic E-state index is -4.68. The lowest BCUT2D eigenvalue weighted by molar-refractivity contribution is 0.0993. The third-order valence-corrected chi connectivity index (χ3v) is 6.05. The molecule has 0 unspecified atom stereocenters. The molecule has 9 heteroatoms. The SMILES string of the molecule is CN(C(=O)c1ccc(S(=O)(=O)C(F)F)cc1)c1nc2ccccc2s1. The van der Waals surface area contributed by atoms with Crippen LogP contribution in [0.5, 0.6) is 0 Å². The molecule has 2 aromatic carbocycles. The van der Waals surface area contributed by atoms with Crippen molar-refractivity contribution in [1.82, 2.24) is 4.98 Å². The predicted octanol–water partition coefficient (Wildman–Crippen LogP) is 3.57. The molecule has 1 heterocycles. The zero-order valence-electron chi connectivity index (χ0n) is 12.9. The summed E-state index contributed by atoms with van der Waals surface area (Å²) in [7, 11) is -3.13. The number of fused-ring (bicyclic) bond motifs is 1. The molecule has 0 aliphatic carbocycles. The Hall–Kier alpha value is -2.39. The van der Waals surface area contributed by atoms with E-state index in [0.29, 0.717) is 5.13 Å². The maximum Gasteiger partial charge on any atom is 0.341 e. The molecule has 3 aromatic rings. The number of alkyl halides is 2. The van der Waals surface area contributed by atoms with Crippen molar-refractivity contribution in [2.75, 3.05) is 11.9 Å². The third-order valence-electron chi connectivity index (χ3n) is 3.54. The number of amides is 1. The summed E-state index contributed by atoms with van der Waals surface area (Å²) < 4.78 is 48.8. The van der Waals surface area contributed by atoms with Crippen LogP contribution < -0.4 is 4.90 Å². The Morgan fingerprint density at radius 1 is 1.12 bits per heavy atom. The number of thiazole rings is 1. The molecule has 0 atom stereocenters. The van der Waals surface area contributed by atoms with Gasteiger partial charge in [-0.1, -0.05) is 23.5 Å². The molecule has 1 amide bonds. The van der Waals surface area contributed by atoms with Crippen molar-refractivity contribution < 1.29 is 22.0 Å². The van der Waals surface area contributed by atoms with Gasteiger partial charge in [-0.05, 0) is 36.4 Å².